The topological polar surface area (TPSA) is 34.1 Å². The van der Waals surface area contributed by atoms with E-state index in [1.807, 2.05) is 24.3 Å². The molecular weight excluding hydrogens is 227 g/mol. The second-order valence-electron chi connectivity index (χ2n) is 3.69. The van der Waals surface area contributed by atoms with Crippen molar-refractivity contribution in [3.63, 3.8) is 0 Å². The third-order valence-electron chi connectivity index (χ3n) is 2.68. The summed E-state index contributed by atoms with van der Waals surface area (Å²) in [4.78, 5) is 0. The molecule has 0 aliphatic rings. The molecule has 0 saturated heterocycles. The third kappa shape index (κ3) is 1.93. The predicted octanol–water partition coefficient (Wildman–Crippen LogP) is 3.20. The molecule has 0 saturated carbocycles. The minimum atomic E-state index is -4.55. The molecule has 0 aromatic heterocycles. The molecule has 0 aliphatic heterocycles. The van der Waals surface area contributed by atoms with Crippen LogP contribution in [0.2, 0.25) is 0 Å². The highest BCUT2D eigenvalue weighted by Gasteiger charge is 2.22. The molecule has 0 bridgehead atoms. The zero-order valence-corrected chi connectivity index (χ0v) is 9.54. The summed E-state index contributed by atoms with van der Waals surface area (Å²) in [6.07, 6.45) is 0. The van der Waals surface area contributed by atoms with Gasteiger partial charge < -0.3 is 0 Å². The molecule has 2 aromatic carbocycles. The van der Waals surface area contributed by atoms with Crippen molar-refractivity contribution in [2.45, 2.75) is 12.2 Å². The molecule has 4 heteroatoms. The zero-order valence-electron chi connectivity index (χ0n) is 8.72. The van der Waals surface area contributed by atoms with Crippen LogP contribution in [-0.4, -0.2) is 8.42 Å². The summed E-state index contributed by atoms with van der Waals surface area (Å²) < 4.78 is 34.8. The average molecular weight is 238 g/mol. The Bertz CT molecular complexity index is 614. The molecule has 1 unspecified atom stereocenters. The van der Waals surface area contributed by atoms with Gasteiger partial charge in [-0.05, 0) is 23.3 Å². The van der Waals surface area contributed by atoms with E-state index in [2.05, 4.69) is 0 Å². The maximum atomic E-state index is 13.0. The average Bonchev–Trinajstić information content (AvgIpc) is 2.26. The smallest absolute Gasteiger partial charge is 0.194 e. The van der Waals surface area contributed by atoms with Crippen molar-refractivity contribution in [1.82, 2.24) is 0 Å². The summed E-state index contributed by atoms with van der Waals surface area (Å²) in [7, 11) is -4.55. The number of hydrogen-bond acceptors (Lipinski definition) is 2. The Morgan fingerprint density at radius 3 is 2.38 bits per heavy atom. The fourth-order valence-corrected chi connectivity index (χ4v) is 2.27. The molecule has 1 atom stereocenters. The molecule has 2 nitrogen and oxygen atoms in total. The van der Waals surface area contributed by atoms with Crippen LogP contribution in [0.25, 0.3) is 10.8 Å². The number of rotatable bonds is 2. The van der Waals surface area contributed by atoms with Crippen molar-refractivity contribution >= 4 is 21.0 Å². The van der Waals surface area contributed by atoms with Crippen LogP contribution in [0.15, 0.2) is 42.5 Å². The molecule has 0 radical (unpaired) electrons. The van der Waals surface area contributed by atoms with Crippen LogP contribution >= 0.6 is 0 Å². The molecule has 0 spiro atoms. The summed E-state index contributed by atoms with van der Waals surface area (Å²) in [6.45, 7) is 1.36. The Labute approximate surface area is 93.9 Å². The number of benzene rings is 2. The Morgan fingerprint density at radius 1 is 1.06 bits per heavy atom. The molecule has 2 aromatic rings. The van der Waals surface area contributed by atoms with E-state index < -0.39 is 15.5 Å². The molecule has 2 rings (SSSR count). The summed E-state index contributed by atoms with van der Waals surface area (Å²) in [6, 6.07) is 12.6. The first-order valence-electron chi connectivity index (χ1n) is 4.91. The van der Waals surface area contributed by atoms with Gasteiger partial charge in [-0.2, -0.15) is 8.42 Å². The van der Waals surface area contributed by atoms with Gasteiger partial charge in [0.2, 0.25) is 0 Å². The lowest BCUT2D eigenvalue weighted by molar-refractivity contribution is 0.541. The Kier molecular flexibility index (Phi) is 2.68. The highest BCUT2D eigenvalue weighted by atomic mass is 32.3. The zero-order chi connectivity index (χ0) is 11.8. The molecule has 0 fully saturated rings. The lowest BCUT2D eigenvalue weighted by Crippen LogP contribution is -2.04. The van der Waals surface area contributed by atoms with E-state index in [9.17, 15) is 12.3 Å². The van der Waals surface area contributed by atoms with E-state index in [0.717, 1.165) is 10.8 Å². The Balaban J connectivity index is 2.70. The van der Waals surface area contributed by atoms with Gasteiger partial charge >= 0.3 is 10.2 Å². The standard InChI is InChI=1S/C12H11FO2S/c1-9(16(13,14)15)11-8-4-6-10-5-2-3-7-12(10)11/h2-9H,1H3. The largest absolute Gasteiger partial charge is 0.309 e. The summed E-state index contributed by atoms with van der Waals surface area (Å²) in [5, 5.41) is 0.563. The van der Waals surface area contributed by atoms with Gasteiger partial charge in [0.15, 0.2) is 0 Å². The van der Waals surface area contributed by atoms with Crippen molar-refractivity contribution in [3.8, 4) is 0 Å². The van der Waals surface area contributed by atoms with Crippen molar-refractivity contribution in [2.75, 3.05) is 0 Å². The second kappa shape index (κ2) is 3.87. The van der Waals surface area contributed by atoms with Crippen molar-refractivity contribution in [3.05, 3.63) is 48.0 Å². The first-order valence-corrected chi connectivity index (χ1v) is 6.36. The summed E-state index contributed by atoms with van der Waals surface area (Å²) in [5.74, 6) is 0. The molecule has 16 heavy (non-hydrogen) atoms. The lowest BCUT2D eigenvalue weighted by atomic mass is 10.0. The van der Waals surface area contributed by atoms with E-state index in [-0.39, 0.29) is 0 Å². The fourth-order valence-electron chi connectivity index (χ4n) is 1.76. The van der Waals surface area contributed by atoms with Crippen LogP contribution in [0.1, 0.15) is 17.7 Å². The van der Waals surface area contributed by atoms with Gasteiger partial charge in [0.1, 0.15) is 5.25 Å². The van der Waals surface area contributed by atoms with Crippen molar-refractivity contribution < 1.29 is 12.3 Å². The third-order valence-corrected chi connectivity index (χ3v) is 3.78. The summed E-state index contributed by atoms with van der Waals surface area (Å²) >= 11 is 0. The van der Waals surface area contributed by atoms with E-state index in [4.69, 9.17) is 0 Å². The maximum Gasteiger partial charge on any atom is 0.309 e. The highest BCUT2D eigenvalue weighted by Crippen LogP contribution is 2.29. The lowest BCUT2D eigenvalue weighted by Gasteiger charge is -2.10. The van der Waals surface area contributed by atoms with Gasteiger partial charge in [-0.25, -0.2) is 0 Å². The number of hydrogen-bond donors (Lipinski definition) is 0. The van der Waals surface area contributed by atoms with Crippen LogP contribution in [0.3, 0.4) is 0 Å². The number of halogens is 1. The molecule has 0 N–H and O–H groups in total. The molecule has 0 heterocycles. The van der Waals surface area contributed by atoms with Crippen molar-refractivity contribution in [1.29, 1.82) is 0 Å². The first kappa shape index (κ1) is 11.1. The number of fused-ring (bicyclic) bond motifs is 1. The van der Waals surface area contributed by atoms with Crippen LogP contribution in [0.5, 0.6) is 0 Å². The summed E-state index contributed by atoms with van der Waals surface area (Å²) in [5.41, 5.74) is 0.501. The van der Waals surface area contributed by atoms with E-state index >= 15 is 0 Å². The normalized spacial score (nSPS) is 13.9. The molecule has 0 amide bonds. The van der Waals surface area contributed by atoms with Crippen molar-refractivity contribution in [2.24, 2.45) is 0 Å². The van der Waals surface area contributed by atoms with Gasteiger partial charge in [-0.15, -0.1) is 3.89 Å². The van der Waals surface area contributed by atoms with Crippen LogP contribution < -0.4 is 0 Å². The highest BCUT2D eigenvalue weighted by molar-refractivity contribution is 7.86. The van der Waals surface area contributed by atoms with Crippen LogP contribution in [-0.2, 0) is 10.2 Å². The monoisotopic (exact) mass is 238 g/mol. The minimum absolute atomic E-state index is 0.501. The van der Waals surface area contributed by atoms with E-state index in [0.29, 0.717) is 5.56 Å². The van der Waals surface area contributed by atoms with Gasteiger partial charge in [-0.3, -0.25) is 0 Å². The first-order chi connectivity index (χ1) is 7.50. The molecule has 84 valence electrons. The Hall–Kier alpha value is -1.42. The Morgan fingerprint density at radius 2 is 1.69 bits per heavy atom. The fraction of sp³-hybridized carbons (Fsp3) is 0.167. The van der Waals surface area contributed by atoms with E-state index in [1.165, 1.54) is 6.92 Å². The van der Waals surface area contributed by atoms with Crippen LogP contribution in [0.4, 0.5) is 3.89 Å². The van der Waals surface area contributed by atoms with E-state index in [1.54, 1.807) is 18.2 Å². The van der Waals surface area contributed by atoms with Gasteiger partial charge in [-0.1, -0.05) is 42.5 Å². The van der Waals surface area contributed by atoms with Gasteiger partial charge in [0.25, 0.3) is 0 Å². The predicted molar refractivity (Wildman–Crippen MR) is 62.4 cm³/mol. The maximum absolute atomic E-state index is 13.0. The van der Waals surface area contributed by atoms with Gasteiger partial charge in [0, 0.05) is 0 Å². The second-order valence-corrected chi connectivity index (χ2v) is 5.34. The van der Waals surface area contributed by atoms with Gasteiger partial charge in [0.05, 0.1) is 0 Å². The molecular formula is C12H11FO2S. The SMILES string of the molecule is CC(c1cccc2ccccc12)S(=O)(=O)F. The van der Waals surface area contributed by atoms with Crippen LogP contribution in [0, 0.1) is 0 Å². The quantitative estimate of drug-likeness (QED) is 0.753. The molecule has 0 aliphatic carbocycles. The minimum Gasteiger partial charge on any atom is -0.194 e.